The van der Waals surface area contributed by atoms with Gasteiger partial charge >= 0.3 is 17.9 Å². The summed E-state index contributed by atoms with van der Waals surface area (Å²) in [5, 5.41) is 8.83. The van der Waals surface area contributed by atoms with E-state index in [0.29, 0.717) is 12.8 Å². The van der Waals surface area contributed by atoms with Gasteiger partial charge in [0.2, 0.25) is 0 Å². The number of methoxy groups -OCH3 is 2. The summed E-state index contributed by atoms with van der Waals surface area (Å²) in [6.45, 7) is 1.77. The van der Waals surface area contributed by atoms with Gasteiger partial charge in [0.15, 0.2) is 0 Å². The molecule has 0 bridgehead atoms. The first kappa shape index (κ1) is 19.7. The van der Waals surface area contributed by atoms with Crippen molar-refractivity contribution in [3.8, 4) is 0 Å². The highest BCUT2D eigenvalue weighted by Gasteiger charge is 2.18. The lowest BCUT2D eigenvalue weighted by molar-refractivity contribution is -0.143. The zero-order valence-electron chi connectivity index (χ0n) is 14.3. The third kappa shape index (κ3) is 6.40. The van der Waals surface area contributed by atoms with Gasteiger partial charge in [-0.25, -0.2) is 0 Å². The average Bonchev–Trinajstić information content (AvgIpc) is 2.58. The Balaban J connectivity index is 2.76. The van der Waals surface area contributed by atoms with Gasteiger partial charge in [0.25, 0.3) is 0 Å². The number of esters is 2. The van der Waals surface area contributed by atoms with Gasteiger partial charge < -0.3 is 14.6 Å². The van der Waals surface area contributed by atoms with Gasteiger partial charge in [0.05, 0.1) is 20.1 Å². The summed E-state index contributed by atoms with van der Waals surface area (Å²) in [5.74, 6) is -1.97. The third-order valence-corrected chi connectivity index (χ3v) is 4.01. The minimum absolute atomic E-state index is 0.0130. The van der Waals surface area contributed by atoms with Crippen molar-refractivity contribution in [1.29, 1.82) is 0 Å². The van der Waals surface area contributed by atoms with Crippen LogP contribution in [0.15, 0.2) is 24.3 Å². The van der Waals surface area contributed by atoms with Crippen LogP contribution in [0.3, 0.4) is 0 Å². The molecule has 1 N–H and O–H groups in total. The summed E-state index contributed by atoms with van der Waals surface area (Å²) in [5.41, 5.74) is 1.83. The first-order chi connectivity index (χ1) is 11.4. The fourth-order valence-corrected chi connectivity index (χ4v) is 2.51. The van der Waals surface area contributed by atoms with E-state index in [4.69, 9.17) is 9.84 Å². The average molecular weight is 336 g/mol. The van der Waals surface area contributed by atoms with Crippen molar-refractivity contribution < 1.29 is 29.0 Å². The Bertz CT molecular complexity index is 563. The zero-order valence-corrected chi connectivity index (χ0v) is 14.3. The molecular weight excluding hydrogens is 312 g/mol. The van der Waals surface area contributed by atoms with Crippen LogP contribution >= 0.6 is 0 Å². The Morgan fingerprint density at radius 2 is 1.71 bits per heavy atom. The molecular formula is C18H24O6. The van der Waals surface area contributed by atoms with Crippen LogP contribution in [-0.2, 0) is 30.3 Å². The standard InChI is InChI=1S/C18H24O6/c1-12(18(22)24-3)15-7-4-13(5-8-15)10-14(6-9-16(19)20)11-17(21)23-2/h4-5,7-8,12,14H,6,9-11H2,1-3H3,(H,19,20). The van der Waals surface area contributed by atoms with Crippen molar-refractivity contribution in [3.05, 3.63) is 35.4 Å². The summed E-state index contributed by atoms with van der Waals surface area (Å²) in [7, 11) is 2.67. The highest BCUT2D eigenvalue weighted by Crippen LogP contribution is 2.22. The molecule has 2 atom stereocenters. The summed E-state index contributed by atoms with van der Waals surface area (Å²) in [4.78, 5) is 33.8. The second-order valence-corrected chi connectivity index (χ2v) is 5.77. The van der Waals surface area contributed by atoms with E-state index in [1.165, 1.54) is 14.2 Å². The minimum Gasteiger partial charge on any atom is -0.481 e. The van der Waals surface area contributed by atoms with Crippen LogP contribution in [-0.4, -0.2) is 37.2 Å². The smallest absolute Gasteiger partial charge is 0.312 e. The molecule has 0 aliphatic heterocycles. The SMILES string of the molecule is COC(=O)CC(CCC(=O)O)Cc1ccc(C(C)C(=O)OC)cc1. The number of benzene rings is 1. The molecule has 0 aliphatic rings. The molecule has 0 saturated carbocycles. The molecule has 0 radical (unpaired) electrons. The van der Waals surface area contributed by atoms with E-state index < -0.39 is 5.97 Å². The molecule has 0 saturated heterocycles. The molecule has 1 aromatic carbocycles. The number of carbonyl (C=O) groups is 3. The molecule has 24 heavy (non-hydrogen) atoms. The number of ether oxygens (including phenoxy) is 2. The van der Waals surface area contributed by atoms with Crippen LogP contribution in [0.2, 0.25) is 0 Å². The number of hydrogen-bond acceptors (Lipinski definition) is 5. The number of carboxylic acid groups (broad SMARTS) is 1. The number of carboxylic acids is 1. The van der Waals surface area contributed by atoms with E-state index in [9.17, 15) is 14.4 Å². The second-order valence-electron chi connectivity index (χ2n) is 5.77. The predicted molar refractivity (Wildman–Crippen MR) is 87.6 cm³/mol. The molecule has 1 aromatic rings. The second kappa shape index (κ2) is 9.70. The van der Waals surface area contributed by atoms with Crippen LogP contribution in [0, 0.1) is 5.92 Å². The lowest BCUT2D eigenvalue weighted by Crippen LogP contribution is -2.14. The van der Waals surface area contributed by atoms with E-state index >= 15 is 0 Å². The van der Waals surface area contributed by atoms with Crippen LogP contribution in [0.1, 0.15) is 43.2 Å². The van der Waals surface area contributed by atoms with Gasteiger partial charge in [-0.1, -0.05) is 24.3 Å². The van der Waals surface area contributed by atoms with Gasteiger partial charge in [0.1, 0.15) is 0 Å². The van der Waals surface area contributed by atoms with Crippen molar-refractivity contribution in [3.63, 3.8) is 0 Å². The summed E-state index contributed by atoms with van der Waals surface area (Å²) < 4.78 is 9.40. The van der Waals surface area contributed by atoms with Crippen molar-refractivity contribution in [1.82, 2.24) is 0 Å². The third-order valence-electron chi connectivity index (χ3n) is 4.01. The van der Waals surface area contributed by atoms with E-state index in [-0.39, 0.29) is 36.6 Å². The topological polar surface area (TPSA) is 89.9 Å². The fraction of sp³-hybridized carbons (Fsp3) is 0.500. The normalized spacial score (nSPS) is 13.0. The summed E-state index contributed by atoms with van der Waals surface area (Å²) in [6, 6.07) is 7.48. The number of carbonyl (C=O) groups excluding carboxylic acids is 2. The summed E-state index contributed by atoms with van der Waals surface area (Å²) >= 11 is 0. The van der Waals surface area contributed by atoms with Crippen molar-refractivity contribution in [2.45, 2.75) is 38.5 Å². The lowest BCUT2D eigenvalue weighted by Gasteiger charge is -2.16. The Hall–Kier alpha value is -2.37. The fourth-order valence-electron chi connectivity index (χ4n) is 2.51. The van der Waals surface area contributed by atoms with Crippen LogP contribution in [0.4, 0.5) is 0 Å². The molecule has 6 heteroatoms. The molecule has 0 amide bonds. The van der Waals surface area contributed by atoms with E-state index in [1.54, 1.807) is 6.92 Å². The molecule has 132 valence electrons. The van der Waals surface area contributed by atoms with Crippen molar-refractivity contribution in [2.75, 3.05) is 14.2 Å². The molecule has 0 heterocycles. The summed E-state index contributed by atoms with van der Waals surface area (Å²) in [6.07, 6.45) is 1.18. The molecule has 6 nitrogen and oxygen atoms in total. The highest BCUT2D eigenvalue weighted by molar-refractivity contribution is 5.77. The number of aliphatic carboxylic acids is 1. The zero-order chi connectivity index (χ0) is 18.1. The molecule has 0 aliphatic carbocycles. The number of hydrogen-bond donors (Lipinski definition) is 1. The minimum atomic E-state index is -0.882. The predicted octanol–water partition coefficient (Wildman–Crippen LogP) is 2.55. The van der Waals surface area contributed by atoms with Gasteiger partial charge in [0, 0.05) is 12.8 Å². The van der Waals surface area contributed by atoms with Crippen LogP contribution in [0.5, 0.6) is 0 Å². The molecule has 0 aromatic heterocycles. The maximum atomic E-state index is 11.5. The first-order valence-corrected chi connectivity index (χ1v) is 7.82. The highest BCUT2D eigenvalue weighted by atomic mass is 16.5. The molecule has 2 unspecified atom stereocenters. The van der Waals surface area contributed by atoms with Crippen molar-refractivity contribution >= 4 is 17.9 Å². The molecule has 0 spiro atoms. The monoisotopic (exact) mass is 336 g/mol. The Morgan fingerprint density at radius 3 is 2.21 bits per heavy atom. The van der Waals surface area contributed by atoms with Crippen LogP contribution < -0.4 is 0 Å². The van der Waals surface area contributed by atoms with Crippen LogP contribution in [0.25, 0.3) is 0 Å². The Labute approximate surface area is 141 Å². The van der Waals surface area contributed by atoms with Gasteiger partial charge in [-0.2, -0.15) is 0 Å². The van der Waals surface area contributed by atoms with Gasteiger partial charge in [-0.05, 0) is 36.8 Å². The number of rotatable bonds is 9. The van der Waals surface area contributed by atoms with E-state index in [0.717, 1.165) is 11.1 Å². The maximum Gasteiger partial charge on any atom is 0.312 e. The Morgan fingerprint density at radius 1 is 1.08 bits per heavy atom. The molecule has 1 rings (SSSR count). The molecule has 0 fully saturated rings. The maximum absolute atomic E-state index is 11.5. The first-order valence-electron chi connectivity index (χ1n) is 7.82. The lowest BCUT2D eigenvalue weighted by atomic mass is 9.90. The largest absolute Gasteiger partial charge is 0.481 e. The Kier molecular flexibility index (Phi) is 7.95. The van der Waals surface area contributed by atoms with Gasteiger partial charge in [-0.3, -0.25) is 14.4 Å². The van der Waals surface area contributed by atoms with Gasteiger partial charge in [-0.15, -0.1) is 0 Å². The van der Waals surface area contributed by atoms with E-state index in [1.807, 2.05) is 24.3 Å². The van der Waals surface area contributed by atoms with E-state index in [2.05, 4.69) is 4.74 Å². The quantitative estimate of drug-likeness (QED) is 0.697. The van der Waals surface area contributed by atoms with Crippen molar-refractivity contribution in [2.24, 2.45) is 5.92 Å².